The van der Waals surface area contributed by atoms with Gasteiger partial charge >= 0.3 is 0 Å². The molecule has 0 heterocycles. The number of hydrogen-bond acceptors (Lipinski definition) is 3. The van der Waals surface area contributed by atoms with E-state index < -0.39 is 10.0 Å². The molecule has 1 fully saturated rings. The van der Waals surface area contributed by atoms with Crippen molar-refractivity contribution in [2.24, 2.45) is 0 Å². The van der Waals surface area contributed by atoms with Crippen LogP contribution >= 0.6 is 0 Å². The summed E-state index contributed by atoms with van der Waals surface area (Å²) in [7, 11) is -2.04. The summed E-state index contributed by atoms with van der Waals surface area (Å²) in [5, 5.41) is 3.16. The molecule has 1 amide bonds. The molecule has 1 saturated carbocycles. The zero-order chi connectivity index (χ0) is 20.7. The van der Waals surface area contributed by atoms with Gasteiger partial charge in [-0.25, -0.2) is 13.1 Å². The molecule has 5 nitrogen and oxygen atoms in total. The number of amides is 1. The molecule has 0 aliphatic heterocycles. The molecule has 0 bridgehead atoms. The molecule has 0 saturated heterocycles. The van der Waals surface area contributed by atoms with Gasteiger partial charge in [0.2, 0.25) is 15.9 Å². The Morgan fingerprint density at radius 3 is 2.24 bits per heavy atom. The molecule has 0 atom stereocenters. The van der Waals surface area contributed by atoms with E-state index in [2.05, 4.69) is 34.3 Å². The molecule has 0 radical (unpaired) electrons. The third kappa shape index (κ3) is 5.46. The van der Waals surface area contributed by atoms with Crippen molar-refractivity contribution in [2.45, 2.75) is 55.3 Å². The summed E-state index contributed by atoms with van der Waals surface area (Å²) in [5.74, 6) is 0.0396. The van der Waals surface area contributed by atoms with E-state index in [1.54, 1.807) is 24.3 Å². The van der Waals surface area contributed by atoms with Crippen molar-refractivity contribution in [3.63, 3.8) is 0 Å². The van der Waals surface area contributed by atoms with Gasteiger partial charge in [-0.3, -0.25) is 4.79 Å². The standard InChI is InChI=1S/C23H30N2O3S/c1-24-29(27,28)21-13-10-19(11-14-21)12-15-22(26)25-18-23(16-6-3-7-17-23)20-8-4-2-5-9-20/h2,4-5,8-11,13-14,24H,3,6-7,12,15-18H2,1H3,(H,25,26). The van der Waals surface area contributed by atoms with Crippen molar-refractivity contribution in [1.29, 1.82) is 0 Å². The molecular weight excluding hydrogens is 384 g/mol. The normalized spacial score (nSPS) is 16.3. The van der Waals surface area contributed by atoms with Crippen LogP contribution in [0.2, 0.25) is 0 Å². The van der Waals surface area contributed by atoms with E-state index in [4.69, 9.17) is 0 Å². The van der Waals surface area contributed by atoms with Crippen LogP contribution in [0.4, 0.5) is 0 Å². The molecule has 0 unspecified atom stereocenters. The number of sulfonamides is 1. The minimum atomic E-state index is -3.43. The van der Waals surface area contributed by atoms with Crippen molar-refractivity contribution in [3.05, 3.63) is 65.7 Å². The average molecular weight is 415 g/mol. The maximum Gasteiger partial charge on any atom is 0.240 e. The Morgan fingerprint density at radius 1 is 0.966 bits per heavy atom. The van der Waals surface area contributed by atoms with Gasteiger partial charge in [-0.2, -0.15) is 0 Å². The fourth-order valence-corrected chi connectivity index (χ4v) is 4.89. The molecular formula is C23H30N2O3S. The molecule has 2 N–H and O–H groups in total. The number of carbonyl (C=O) groups is 1. The second kappa shape index (κ2) is 9.55. The Balaban J connectivity index is 1.56. The number of rotatable bonds is 8. The molecule has 1 aliphatic rings. The van der Waals surface area contributed by atoms with Crippen LogP contribution in [0.15, 0.2) is 59.5 Å². The molecule has 0 aromatic heterocycles. The summed E-state index contributed by atoms with van der Waals surface area (Å²) in [6, 6.07) is 17.2. The zero-order valence-electron chi connectivity index (χ0n) is 17.0. The highest BCUT2D eigenvalue weighted by Crippen LogP contribution is 2.38. The molecule has 156 valence electrons. The Bertz CT molecular complexity index is 903. The van der Waals surface area contributed by atoms with Crippen LogP contribution in [-0.2, 0) is 26.7 Å². The van der Waals surface area contributed by atoms with Crippen molar-refractivity contribution in [2.75, 3.05) is 13.6 Å². The fourth-order valence-electron chi connectivity index (χ4n) is 4.15. The van der Waals surface area contributed by atoms with E-state index in [0.717, 1.165) is 18.4 Å². The number of carbonyl (C=O) groups excluding carboxylic acids is 1. The van der Waals surface area contributed by atoms with Crippen molar-refractivity contribution in [1.82, 2.24) is 10.0 Å². The minimum Gasteiger partial charge on any atom is -0.355 e. The number of hydrogen-bond donors (Lipinski definition) is 2. The van der Waals surface area contributed by atoms with Crippen molar-refractivity contribution >= 4 is 15.9 Å². The lowest BCUT2D eigenvalue weighted by Gasteiger charge is -2.38. The first-order valence-corrected chi connectivity index (χ1v) is 11.8. The van der Waals surface area contributed by atoms with Crippen LogP contribution in [0.25, 0.3) is 0 Å². The van der Waals surface area contributed by atoms with Crippen LogP contribution < -0.4 is 10.0 Å². The van der Waals surface area contributed by atoms with Crippen LogP contribution in [0.5, 0.6) is 0 Å². The van der Waals surface area contributed by atoms with Gasteiger partial charge in [-0.05, 0) is 49.6 Å². The highest BCUT2D eigenvalue weighted by Gasteiger charge is 2.33. The predicted molar refractivity (Wildman–Crippen MR) is 115 cm³/mol. The summed E-state index contributed by atoms with van der Waals surface area (Å²) >= 11 is 0. The van der Waals surface area contributed by atoms with Crippen LogP contribution in [-0.4, -0.2) is 27.9 Å². The lowest BCUT2D eigenvalue weighted by Crippen LogP contribution is -2.42. The molecule has 2 aromatic carbocycles. The monoisotopic (exact) mass is 414 g/mol. The first-order valence-electron chi connectivity index (χ1n) is 10.3. The Morgan fingerprint density at radius 2 is 1.62 bits per heavy atom. The molecule has 3 rings (SSSR count). The van der Waals surface area contributed by atoms with Crippen LogP contribution in [0, 0.1) is 0 Å². The van der Waals surface area contributed by atoms with E-state index in [1.165, 1.54) is 31.9 Å². The van der Waals surface area contributed by atoms with Gasteiger partial charge in [0, 0.05) is 18.4 Å². The highest BCUT2D eigenvalue weighted by atomic mass is 32.2. The third-order valence-corrected chi connectivity index (χ3v) is 7.39. The summed E-state index contributed by atoms with van der Waals surface area (Å²) < 4.78 is 25.9. The fraction of sp³-hybridized carbons (Fsp3) is 0.435. The summed E-state index contributed by atoms with van der Waals surface area (Å²) in [6.45, 7) is 0.676. The Hall–Kier alpha value is -2.18. The molecule has 2 aromatic rings. The summed E-state index contributed by atoms with van der Waals surface area (Å²) in [4.78, 5) is 12.7. The molecule has 0 spiro atoms. The van der Waals surface area contributed by atoms with Gasteiger partial charge < -0.3 is 5.32 Å². The first kappa shape index (κ1) is 21.5. The molecule has 1 aliphatic carbocycles. The Kier molecular flexibility index (Phi) is 7.09. The number of aryl methyl sites for hydroxylation is 1. The van der Waals surface area contributed by atoms with Gasteiger partial charge in [0.1, 0.15) is 0 Å². The van der Waals surface area contributed by atoms with Crippen molar-refractivity contribution in [3.8, 4) is 0 Å². The maximum atomic E-state index is 12.5. The number of nitrogens with one attached hydrogen (secondary N) is 2. The average Bonchev–Trinajstić information content (AvgIpc) is 2.78. The lowest BCUT2D eigenvalue weighted by atomic mass is 9.69. The van der Waals surface area contributed by atoms with E-state index >= 15 is 0 Å². The lowest BCUT2D eigenvalue weighted by molar-refractivity contribution is -0.121. The number of benzene rings is 2. The Labute approximate surface area is 174 Å². The molecule has 6 heteroatoms. The van der Waals surface area contributed by atoms with Crippen molar-refractivity contribution < 1.29 is 13.2 Å². The van der Waals surface area contributed by atoms with Gasteiger partial charge in [0.25, 0.3) is 0 Å². The highest BCUT2D eigenvalue weighted by molar-refractivity contribution is 7.89. The second-order valence-corrected chi connectivity index (χ2v) is 9.72. The smallest absolute Gasteiger partial charge is 0.240 e. The van der Waals surface area contributed by atoms with Crippen LogP contribution in [0.1, 0.15) is 49.7 Å². The topological polar surface area (TPSA) is 75.3 Å². The van der Waals surface area contributed by atoms with E-state index in [0.29, 0.717) is 19.4 Å². The maximum absolute atomic E-state index is 12.5. The second-order valence-electron chi connectivity index (χ2n) is 7.84. The molecule has 29 heavy (non-hydrogen) atoms. The summed E-state index contributed by atoms with van der Waals surface area (Å²) in [6.07, 6.45) is 6.87. The van der Waals surface area contributed by atoms with Gasteiger partial charge in [-0.1, -0.05) is 61.7 Å². The summed E-state index contributed by atoms with van der Waals surface area (Å²) in [5.41, 5.74) is 2.31. The van der Waals surface area contributed by atoms with E-state index in [-0.39, 0.29) is 16.2 Å². The van der Waals surface area contributed by atoms with E-state index in [1.807, 2.05) is 6.07 Å². The minimum absolute atomic E-state index is 0.0396. The zero-order valence-corrected chi connectivity index (χ0v) is 17.8. The largest absolute Gasteiger partial charge is 0.355 e. The van der Waals surface area contributed by atoms with Gasteiger partial charge in [0.15, 0.2) is 0 Å². The third-order valence-electron chi connectivity index (χ3n) is 5.96. The first-order chi connectivity index (χ1) is 14.0. The van der Waals surface area contributed by atoms with E-state index in [9.17, 15) is 13.2 Å². The quantitative estimate of drug-likeness (QED) is 0.694. The predicted octanol–water partition coefficient (Wildman–Crippen LogP) is 3.55. The SMILES string of the molecule is CNS(=O)(=O)c1ccc(CCC(=O)NCC2(c3ccccc3)CCCCC2)cc1. The van der Waals surface area contributed by atoms with Crippen LogP contribution in [0.3, 0.4) is 0 Å². The van der Waals surface area contributed by atoms with Gasteiger partial charge in [0.05, 0.1) is 4.90 Å². The van der Waals surface area contributed by atoms with Gasteiger partial charge in [-0.15, -0.1) is 0 Å².